The molecule has 0 aliphatic carbocycles. The van der Waals surface area contributed by atoms with Crippen LogP contribution < -0.4 is 5.32 Å². The molecule has 0 amide bonds. The quantitative estimate of drug-likeness (QED) is 0.791. The third kappa shape index (κ3) is 4.07. The molecule has 0 bridgehead atoms. The van der Waals surface area contributed by atoms with Crippen molar-refractivity contribution >= 4 is 22.9 Å². The van der Waals surface area contributed by atoms with Gasteiger partial charge in [-0.25, -0.2) is 0 Å². The first kappa shape index (κ1) is 14.6. The third-order valence-corrected chi connectivity index (χ3v) is 4.53. The minimum Gasteiger partial charge on any atom is -0.310 e. The molecule has 2 rings (SSSR count). The van der Waals surface area contributed by atoms with Crippen LogP contribution in [0.5, 0.6) is 0 Å². The molecule has 102 valence electrons. The second-order valence-electron chi connectivity index (χ2n) is 4.80. The van der Waals surface area contributed by atoms with Gasteiger partial charge in [-0.05, 0) is 48.5 Å². The highest BCUT2D eigenvalue weighted by Crippen LogP contribution is 2.25. The Balaban J connectivity index is 2.18. The molecule has 1 atom stereocenters. The van der Waals surface area contributed by atoms with Crippen molar-refractivity contribution < 1.29 is 0 Å². The van der Waals surface area contributed by atoms with Crippen molar-refractivity contribution in [2.75, 3.05) is 6.54 Å². The van der Waals surface area contributed by atoms with Crippen molar-refractivity contribution in [1.29, 1.82) is 0 Å². The highest BCUT2D eigenvalue weighted by atomic mass is 35.5. The highest BCUT2D eigenvalue weighted by molar-refractivity contribution is 7.09. The molecule has 0 aliphatic rings. The first-order chi connectivity index (χ1) is 9.20. The Bertz CT molecular complexity index is 507. The Morgan fingerprint density at radius 3 is 2.79 bits per heavy atom. The van der Waals surface area contributed by atoms with E-state index in [1.54, 1.807) is 0 Å². The maximum Gasteiger partial charge on any atom is 0.0435 e. The van der Waals surface area contributed by atoms with E-state index in [1.807, 2.05) is 17.4 Å². The van der Waals surface area contributed by atoms with E-state index in [0.29, 0.717) is 6.04 Å². The van der Waals surface area contributed by atoms with E-state index in [9.17, 15) is 0 Å². The third-order valence-electron chi connectivity index (χ3n) is 3.21. The average Bonchev–Trinajstić information content (AvgIpc) is 2.91. The molecule has 3 heteroatoms. The molecule has 1 aromatic heterocycles. The van der Waals surface area contributed by atoms with E-state index in [2.05, 4.69) is 48.8 Å². The lowest BCUT2D eigenvalue weighted by Crippen LogP contribution is -2.23. The molecule has 2 aromatic rings. The number of benzene rings is 1. The molecule has 0 saturated carbocycles. The van der Waals surface area contributed by atoms with Gasteiger partial charge in [-0.2, -0.15) is 0 Å². The number of halogens is 1. The number of hydrogen-bond donors (Lipinski definition) is 1. The lowest BCUT2D eigenvalue weighted by atomic mass is 10.0. The lowest BCUT2D eigenvalue weighted by molar-refractivity contribution is 0.532. The highest BCUT2D eigenvalue weighted by Gasteiger charge is 2.13. The second kappa shape index (κ2) is 7.09. The maximum absolute atomic E-state index is 6.11. The summed E-state index contributed by atoms with van der Waals surface area (Å²) in [6.45, 7) is 5.30. The molecule has 1 heterocycles. The van der Waals surface area contributed by atoms with E-state index in [1.165, 1.54) is 10.4 Å². The minimum atomic E-state index is 0.370. The topological polar surface area (TPSA) is 12.0 Å². The van der Waals surface area contributed by atoms with E-state index >= 15 is 0 Å². The van der Waals surface area contributed by atoms with E-state index in [0.717, 1.165) is 30.0 Å². The van der Waals surface area contributed by atoms with Crippen LogP contribution in [-0.4, -0.2) is 6.54 Å². The van der Waals surface area contributed by atoms with Crippen LogP contribution >= 0.6 is 22.9 Å². The summed E-state index contributed by atoms with van der Waals surface area (Å²) in [5.74, 6) is 0. The summed E-state index contributed by atoms with van der Waals surface area (Å²) >= 11 is 7.93. The van der Waals surface area contributed by atoms with Crippen molar-refractivity contribution in [1.82, 2.24) is 5.32 Å². The molecule has 1 aromatic carbocycles. The Labute approximate surface area is 124 Å². The van der Waals surface area contributed by atoms with Gasteiger partial charge in [0.15, 0.2) is 0 Å². The summed E-state index contributed by atoms with van der Waals surface area (Å²) < 4.78 is 0. The van der Waals surface area contributed by atoms with Crippen LogP contribution in [0.15, 0.2) is 35.7 Å². The van der Waals surface area contributed by atoms with Gasteiger partial charge in [0.05, 0.1) is 0 Å². The zero-order valence-corrected chi connectivity index (χ0v) is 13.0. The molecule has 19 heavy (non-hydrogen) atoms. The van der Waals surface area contributed by atoms with Gasteiger partial charge in [-0.15, -0.1) is 11.3 Å². The van der Waals surface area contributed by atoms with Crippen LogP contribution in [0, 0.1) is 6.92 Å². The summed E-state index contributed by atoms with van der Waals surface area (Å²) in [4.78, 5) is 1.42. The SMILES string of the molecule is CCCNC(Cc1cccs1)c1ccc(Cl)c(C)c1. The van der Waals surface area contributed by atoms with Gasteiger partial charge in [0.1, 0.15) is 0 Å². The van der Waals surface area contributed by atoms with Gasteiger partial charge < -0.3 is 5.32 Å². The van der Waals surface area contributed by atoms with E-state index in [-0.39, 0.29) is 0 Å². The molecule has 0 spiro atoms. The summed E-state index contributed by atoms with van der Waals surface area (Å²) in [5, 5.41) is 6.61. The maximum atomic E-state index is 6.11. The van der Waals surface area contributed by atoms with Crippen LogP contribution in [0.4, 0.5) is 0 Å². The molecular formula is C16H20ClNS. The summed E-state index contributed by atoms with van der Waals surface area (Å²) in [5.41, 5.74) is 2.47. The molecule has 0 aliphatic heterocycles. The smallest absolute Gasteiger partial charge is 0.0435 e. The monoisotopic (exact) mass is 293 g/mol. The molecule has 1 unspecified atom stereocenters. The number of rotatable bonds is 6. The Kier molecular flexibility index (Phi) is 5.44. The largest absolute Gasteiger partial charge is 0.310 e. The second-order valence-corrected chi connectivity index (χ2v) is 6.24. The van der Waals surface area contributed by atoms with Crippen LogP contribution in [0.25, 0.3) is 0 Å². The van der Waals surface area contributed by atoms with E-state index in [4.69, 9.17) is 11.6 Å². The Morgan fingerprint density at radius 1 is 1.32 bits per heavy atom. The van der Waals surface area contributed by atoms with E-state index < -0.39 is 0 Å². The number of aryl methyl sites for hydroxylation is 1. The minimum absolute atomic E-state index is 0.370. The van der Waals surface area contributed by atoms with Crippen molar-refractivity contribution in [2.45, 2.75) is 32.7 Å². The fourth-order valence-corrected chi connectivity index (χ4v) is 3.01. The number of thiophene rings is 1. The normalized spacial score (nSPS) is 12.6. The summed E-state index contributed by atoms with van der Waals surface area (Å²) in [7, 11) is 0. The van der Waals surface area contributed by atoms with Gasteiger partial charge in [0.2, 0.25) is 0 Å². The zero-order valence-electron chi connectivity index (χ0n) is 11.4. The van der Waals surface area contributed by atoms with Crippen LogP contribution in [0.3, 0.4) is 0 Å². The van der Waals surface area contributed by atoms with Crippen molar-refractivity contribution in [2.24, 2.45) is 0 Å². The standard InChI is InChI=1S/C16H20ClNS/c1-3-8-18-16(11-14-5-4-9-19-14)13-6-7-15(17)12(2)10-13/h4-7,9-10,16,18H,3,8,11H2,1-2H3. The molecule has 0 radical (unpaired) electrons. The lowest BCUT2D eigenvalue weighted by Gasteiger charge is -2.19. The summed E-state index contributed by atoms with van der Waals surface area (Å²) in [6.07, 6.45) is 2.19. The van der Waals surface area contributed by atoms with Gasteiger partial charge in [0, 0.05) is 22.4 Å². The van der Waals surface area contributed by atoms with Gasteiger partial charge in [0.25, 0.3) is 0 Å². The van der Waals surface area contributed by atoms with Gasteiger partial charge >= 0.3 is 0 Å². The fraction of sp³-hybridized carbons (Fsp3) is 0.375. The van der Waals surface area contributed by atoms with Crippen molar-refractivity contribution in [3.05, 3.63) is 56.7 Å². The van der Waals surface area contributed by atoms with Crippen LogP contribution in [0.1, 0.15) is 35.4 Å². The molecule has 1 N–H and O–H groups in total. The Hall–Kier alpha value is -0.830. The van der Waals surface area contributed by atoms with Crippen LogP contribution in [-0.2, 0) is 6.42 Å². The first-order valence-corrected chi connectivity index (χ1v) is 7.98. The van der Waals surface area contributed by atoms with Gasteiger partial charge in [-0.3, -0.25) is 0 Å². The summed E-state index contributed by atoms with van der Waals surface area (Å²) in [6, 6.07) is 11.0. The molecule has 0 saturated heterocycles. The predicted octanol–water partition coefficient (Wildman–Crippen LogP) is 4.99. The predicted molar refractivity (Wildman–Crippen MR) is 85.2 cm³/mol. The van der Waals surface area contributed by atoms with Crippen LogP contribution in [0.2, 0.25) is 5.02 Å². The van der Waals surface area contributed by atoms with Crippen molar-refractivity contribution in [3.8, 4) is 0 Å². The zero-order chi connectivity index (χ0) is 13.7. The Morgan fingerprint density at radius 2 is 2.16 bits per heavy atom. The van der Waals surface area contributed by atoms with Crippen molar-refractivity contribution in [3.63, 3.8) is 0 Å². The number of nitrogens with one attached hydrogen (secondary N) is 1. The fourth-order valence-electron chi connectivity index (χ4n) is 2.14. The van der Waals surface area contributed by atoms with Gasteiger partial charge in [-0.1, -0.05) is 36.7 Å². The first-order valence-electron chi connectivity index (χ1n) is 6.72. The molecular weight excluding hydrogens is 274 g/mol. The average molecular weight is 294 g/mol. The molecule has 0 fully saturated rings. The molecule has 1 nitrogen and oxygen atoms in total. The number of hydrogen-bond acceptors (Lipinski definition) is 2.